The quantitative estimate of drug-likeness (QED) is 0.600. The Hall–Kier alpha value is -1.30. The van der Waals surface area contributed by atoms with Gasteiger partial charge in [-0.25, -0.2) is 4.39 Å². The fourth-order valence-electron chi connectivity index (χ4n) is 1.74. The lowest BCUT2D eigenvalue weighted by atomic mass is 9.95. The lowest BCUT2D eigenvalue weighted by molar-refractivity contribution is -0.140. The normalized spacial score (nSPS) is 12.5. The molecule has 0 aliphatic rings. The van der Waals surface area contributed by atoms with E-state index in [9.17, 15) is 17.6 Å². The van der Waals surface area contributed by atoms with Crippen LogP contribution in [-0.4, -0.2) is 19.7 Å². The van der Waals surface area contributed by atoms with Crippen LogP contribution in [0.5, 0.6) is 5.75 Å². The molecular weight excluding hydrogens is 286 g/mol. The zero-order valence-corrected chi connectivity index (χ0v) is 12.5. The molecule has 0 spiro atoms. The molecule has 120 valence electrons. The third-order valence-corrected chi connectivity index (χ3v) is 2.90. The van der Waals surface area contributed by atoms with Gasteiger partial charge in [0.1, 0.15) is 11.6 Å². The SMILES string of the molecule is CCCNCC(C)(C)COc1ccc(F)c(C(F)(F)F)c1. The van der Waals surface area contributed by atoms with E-state index in [0.29, 0.717) is 12.6 Å². The number of ether oxygens (including phenoxy) is 1. The summed E-state index contributed by atoms with van der Waals surface area (Å²) in [6.07, 6.45) is -3.72. The maximum atomic E-state index is 13.2. The van der Waals surface area contributed by atoms with Crippen molar-refractivity contribution < 1.29 is 22.3 Å². The molecule has 0 atom stereocenters. The molecule has 0 bridgehead atoms. The fourth-order valence-corrected chi connectivity index (χ4v) is 1.74. The number of alkyl halides is 3. The van der Waals surface area contributed by atoms with Crippen molar-refractivity contribution in [2.45, 2.75) is 33.4 Å². The second-order valence-electron chi connectivity index (χ2n) is 5.77. The maximum Gasteiger partial charge on any atom is 0.419 e. The van der Waals surface area contributed by atoms with Gasteiger partial charge in [-0.2, -0.15) is 13.2 Å². The molecule has 0 aliphatic carbocycles. The van der Waals surface area contributed by atoms with Crippen LogP contribution in [0.2, 0.25) is 0 Å². The van der Waals surface area contributed by atoms with E-state index in [1.807, 2.05) is 20.8 Å². The van der Waals surface area contributed by atoms with Gasteiger partial charge in [0.15, 0.2) is 0 Å². The van der Waals surface area contributed by atoms with Gasteiger partial charge in [-0.1, -0.05) is 20.8 Å². The summed E-state index contributed by atoms with van der Waals surface area (Å²) in [6, 6.07) is 2.69. The molecule has 1 aromatic carbocycles. The van der Waals surface area contributed by atoms with E-state index >= 15 is 0 Å². The molecule has 0 aromatic heterocycles. The number of hydrogen-bond acceptors (Lipinski definition) is 2. The molecule has 0 fully saturated rings. The van der Waals surface area contributed by atoms with Crippen molar-refractivity contribution in [3.63, 3.8) is 0 Å². The highest BCUT2D eigenvalue weighted by molar-refractivity contribution is 5.31. The van der Waals surface area contributed by atoms with Gasteiger partial charge < -0.3 is 10.1 Å². The highest BCUT2D eigenvalue weighted by Gasteiger charge is 2.34. The molecule has 1 aromatic rings. The second-order valence-corrected chi connectivity index (χ2v) is 5.77. The summed E-state index contributed by atoms with van der Waals surface area (Å²) in [6.45, 7) is 7.75. The molecule has 0 saturated heterocycles. The Morgan fingerprint density at radius 3 is 2.43 bits per heavy atom. The molecule has 1 N–H and O–H groups in total. The maximum absolute atomic E-state index is 13.2. The van der Waals surface area contributed by atoms with Crippen LogP contribution in [0, 0.1) is 11.2 Å². The number of halogens is 4. The van der Waals surface area contributed by atoms with Crippen molar-refractivity contribution in [2.75, 3.05) is 19.7 Å². The van der Waals surface area contributed by atoms with Crippen LogP contribution in [0.1, 0.15) is 32.8 Å². The molecule has 2 nitrogen and oxygen atoms in total. The molecule has 21 heavy (non-hydrogen) atoms. The average Bonchev–Trinajstić information content (AvgIpc) is 2.36. The van der Waals surface area contributed by atoms with Crippen molar-refractivity contribution in [1.29, 1.82) is 0 Å². The summed E-state index contributed by atoms with van der Waals surface area (Å²) in [4.78, 5) is 0. The molecule has 0 heterocycles. The summed E-state index contributed by atoms with van der Waals surface area (Å²) in [5.41, 5.74) is -1.54. The Morgan fingerprint density at radius 1 is 1.19 bits per heavy atom. The Kier molecular flexibility index (Phi) is 6.01. The van der Waals surface area contributed by atoms with Gasteiger partial charge in [0.05, 0.1) is 12.2 Å². The van der Waals surface area contributed by atoms with E-state index in [1.165, 1.54) is 6.07 Å². The smallest absolute Gasteiger partial charge is 0.419 e. The number of nitrogens with one attached hydrogen (secondary N) is 1. The first-order valence-corrected chi connectivity index (χ1v) is 6.86. The minimum atomic E-state index is -4.72. The Bertz CT molecular complexity index is 457. The first-order chi connectivity index (χ1) is 9.65. The topological polar surface area (TPSA) is 21.3 Å². The minimum absolute atomic E-state index is 0.0206. The molecule has 6 heteroatoms. The number of hydrogen-bond donors (Lipinski definition) is 1. The van der Waals surface area contributed by atoms with E-state index in [2.05, 4.69) is 5.32 Å². The van der Waals surface area contributed by atoms with Gasteiger partial charge in [-0.05, 0) is 31.2 Å². The van der Waals surface area contributed by atoms with Crippen LogP contribution in [0.4, 0.5) is 17.6 Å². The highest BCUT2D eigenvalue weighted by Crippen LogP contribution is 2.33. The highest BCUT2D eigenvalue weighted by atomic mass is 19.4. The van der Waals surface area contributed by atoms with Crippen LogP contribution >= 0.6 is 0 Å². The predicted octanol–water partition coefficient (Wildman–Crippen LogP) is 4.25. The third kappa shape index (κ3) is 5.91. The van der Waals surface area contributed by atoms with Crippen LogP contribution in [-0.2, 0) is 6.18 Å². The fraction of sp³-hybridized carbons (Fsp3) is 0.600. The van der Waals surface area contributed by atoms with Gasteiger partial charge in [0.25, 0.3) is 0 Å². The molecular formula is C15H21F4NO. The van der Waals surface area contributed by atoms with Gasteiger partial charge >= 0.3 is 6.18 Å². The Morgan fingerprint density at radius 2 is 1.86 bits per heavy atom. The largest absolute Gasteiger partial charge is 0.493 e. The first-order valence-electron chi connectivity index (χ1n) is 6.86. The number of rotatable bonds is 7. The van der Waals surface area contributed by atoms with E-state index in [0.717, 1.165) is 19.0 Å². The van der Waals surface area contributed by atoms with Gasteiger partial charge in [-0.3, -0.25) is 0 Å². The average molecular weight is 307 g/mol. The van der Waals surface area contributed by atoms with Crippen LogP contribution in [0.15, 0.2) is 18.2 Å². The Balaban J connectivity index is 2.67. The lowest BCUT2D eigenvalue weighted by Gasteiger charge is -2.25. The zero-order chi connectivity index (χ0) is 16.1. The summed E-state index contributed by atoms with van der Waals surface area (Å²) in [5.74, 6) is -1.27. The summed E-state index contributed by atoms with van der Waals surface area (Å²) < 4.78 is 56.4. The molecule has 0 radical (unpaired) electrons. The Labute approximate surface area is 122 Å². The van der Waals surface area contributed by atoms with Crippen molar-refractivity contribution in [3.8, 4) is 5.75 Å². The summed E-state index contributed by atoms with van der Waals surface area (Å²) in [5, 5.41) is 3.24. The number of benzene rings is 1. The molecule has 0 aliphatic heterocycles. The molecule has 0 amide bonds. The van der Waals surface area contributed by atoms with Crippen molar-refractivity contribution >= 4 is 0 Å². The van der Waals surface area contributed by atoms with Crippen molar-refractivity contribution in [2.24, 2.45) is 5.41 Å². The predicted molar refractivity (Wildman–Crippen MR) is 73.8 cm³/mol. The molecule has 0 unspecified atom stereocenters. The van der Waals surface area contributed by atoms with Crippen LogP contribution in [0.25, 0.3) is 0 Å². The summed E-state index contributed by atoms with van der Waals surface area (Å²) in [7, 11) is 0. The van der Waals surface area contributed by atoms with E-state index in [4.69, 9.17) is 4.74 Å². The zero-order valence-electron chi connectivity index (χ0n) is 12.5. The first kappa shape index (κ1) is 17.8. The monoisotopic (exact) mass is 307 g/mol. The molecule has 0 saturated carbocycles. The van der Waals surface area contributed by atoms with E-state index in [1.54, 1.807) is 0 Å². The minimum Gasteiger partial charge on any atom is -0.493 e. The van der Waals surface area contributed by atoms with Crippen molar-refractivity contribution in [3.05, 3.63) is 29.6 Å². The van der Waals surface area contributed by atoms with E-state index < -0.39 is 17.6 Å². The molecule has 1 rings (SSSR count). The summed E-state index contributed by atoms with van der Waals surface area (Å²) >= 11 is 0. The van der Waals surface area contributed by atoms with E-state index in [-0.39, 0.29) is 17.8 Å². The van der Waals surface area contributed by atoms with Gasteiger partial charge in [0.2, 0.25) is 0 Å². The standard InChI is InChI=1S/C15H21F4NO/c1-4-7-20-9-14(2,3)10-21-11-5-6-13(16)12(8-11)15(17,18)19/h5-6,8,20H,4,7,9-10H2,1-3H3. The van der Waals surface area contributed by atoms with Crippen LogP contribution < -0.4 is 10.1 Å². The van der Waals surface area contributed by atoms with Crippen LogP contribution in [0.3, 0.4) is 0 Å². The second kappa shape index (κ2) is 7.11. The lowest BCUT2D eigenvalue weighted by Crippen LogP contribution is -2.34. The third-order valence-electron chi connectivity index (χ3n) is 2.90. The van der Waals surface area contributed by atoms with Gasteiger partial charge in [0, 0.05) is 12.0 Å². The van der Waals surface area contributed by atoms with Crippen molar-refractivity contribution in [1.82, 2.24) is 5.32 Å². The van der Waals surface area contributed by atoms with Gasteiger partial charge in [-0.15, -0.1) is 0 Å².